The smallest absolute Gasteiger partial charge is 0.338 e. The molecule has 7 nitrogen and oxygen atoms in total. The molecule has 0 unspecified atom stereocenters. The van der Waals surface area contributed by atoms with Crippen LogP contribution in [0.25, 0.3) is 17.5 Å². The lowest BCUT2D eigenvalue weighted by Crippen LogP contribution is -2.40. The monoisotopic (exact) mass is 637 g/mol. The van der Waals surface area contributed by atoms with Gasteiger partial charge in [0.15, 0.2) is 4.80 Å². The first-order valence-corrected chi connectivity index (χ1v) is 15.8. The van der Waals surface area contributed by atoms with E-state index in [9.17, 15) is 9.59 Å². The first kappa shape index (κ1) is 30.4. The summed E-state index contributed by atoms with van der Waals surface area (Å²) in [4.78, 5) is 33.6. The second kappa shape index (κ2) is 12.4. The van der Waals surface area contributed by atoms with Crippen LogP contribution in [0.5, 0.6) is 5.75 Å². The summed E-state index contributed by atoms with van der Waals surface area (Å²) >= 11 is 7.78. The molecule has 3 aromatic carbocycles. The van der Waals surface area contributed by atoms with Crippen molar-refractivity contribution in [3.05, 3.63) is 143 Å². The molecule has 0 N–H and O–H groups in total. The molecule has 1 aliphatic heterocycles. The van der Waals surface area contributed by atoms with Crippen LogP contribution in [0.1, 0.15) is 46.6 Å². The summed E-state index contributed by atoms with van der Waals surface area (Å²) in [6.07, 6.45) is 1.90. The Morgan fingerprint density at radius 1 is 1.02 bits per heavy atom. The molecule has 1 aliphatic rings. The molecule has 9 heteroatoms. The number of aromatic nitrogens is 2. The molecule has 0 amide bonds. The van der Waals surface area contributed by atoms with Crippen LogP contribution in [0.2, 0.25) is 5.02 Å². The summed E-state index contributed by atoms with van der Waals surface area (Å²) in [6, 6.07) is 24.1. The van der Waals surface area contributed by atoms with Gasteiger partial charge in [0, 0.05) is 33.2 Å². The van der Waals surface area contributed by atoms with Crippen LogP contribution in [0.3, 0.4) is 0 Å². The molecule has 2 aromatic heterocycles. The highest BCUT2D eigenvalue weighted by molar-refractivity contribution is 7.07. The van der Waals surface area contributed by atoms with E-state index in [-0.39, 0.29) is 17.7 Å². The van der Waals surface area contributed by atoms with Gasteiger partial charge in [-0.05, 0) is 81.3 Å². The van der Waals surface area contributed by atoms with Crippen LogP contribution < -0.4 is 19.6 Å². The third-order valence-electron chi connectivity index (χ3n) is 7.88. The summed E-state index contributed by atoms with van der Waals surface area (Å²) in [5.74, 6) is -0.0834. The van der Waals surface area contributed by atoms with E-state index in [1.54, 1.807) is 36.8 Å². The Balaban J connectivity index is 1.64. The lowest BCUT2D eigenvalue weighted by Gasteiger charge is -2.27. The number of halogens is 1. The van der Waals surface area contributed by atoms with Gasteiger partial charge in [0.05, 0.1) is 29.5 Å². The Morgan fingerprint density at radius 3 is 2.51 bits per heavy atom. The van der Waals surface area contributed by atoms with Gasteiger partial charge in [-0.25, -0.2) is 9.79 Å². The van der Waals surface area contributed by atoms with E-state index in [1.807, 2.05) is 49.4 Å². The number of esters is 1. The predicted octanol–water partition coefficient (Wildman–Crippen LogP) is 6.31. The van der Waals surface area contributed by atoms with Crippen LogP contribution in [-0.4, -0.2) is 28.8 Å². The number of fused-ring (bicyclic) bond motifs is 1. The lowest BCUT2D eigenvalue weighted by molar-refractivity contribution is -0.138. The minimum absolute atomic E-state index is 0.158. The molecule has 0 spiro atoms. The topological polar surface area (TPSA) is 74.8 Å². The lowest BCUT2D eigenvalue weighted by atomic mass is 9.92. The molecule has 0 saturated heterocycles. The second-order valence-electron chi connectivity index (χ2n) is 10.8. The van der Waals surface area contributed by atoms with Gasteiger partial charge in [0.25, 0.3) is 5.56 Å². The Hall–Kier alpha value is -4.66. The molecule has 6 rings (SSSR count). The number of thiazole rings is 1. The maximum Gasteiger partial charge on any atom is 0.338 e. The number of benzene rings is 3. The van der Waals surface area contributed by atoms with Crippen LogP contribution in [-0.2, 0) is 9.53 Å². The number of methoxy groups -OCH3 is 1. The number of hydrogen-bond acceptors (Lipinski definition) is 6. The molecule has 0 saturated carbocycles. The number of nitrogens with zero attached hydrogens (tertiary/aromatic N) is 3. The standard InChI is InChI=1S/C36H32ClN3O4S/c1-6-44-35(42)31-32(24-12-8-7-9-13-24)38-36-40(33(31)28-20-26(37)15-16-29(28)43-5)34(41)30(45-36)19-25-18-22(3)39(23(25)4)27-14-10-11-21(2)17-27/h7-20,33H,6H2,1-5H3/b30-19-/t33-/m1/s1. The average Bonchev–Trinajstić information content (AvgIpc) is 3.50. The van der Waals surface area contributed by atoms with Gasteiger partial charge in [0.2, 0.25) is 0 Å². The second-order valence-corrected chi connectivity index (χ2v) is 12.3. The summed E-state index contributed by atoms with van der Waals surface area (Å²) in [7, 11) is 1.55. The number of rotatable bonds is 7. The van der Waals surface area contributed by atoms with Gasteiger partial charge in [-0.3, -0.25) is 9.36 Å². The Labute approximate surface area is 270 Å². The maximum absolute atomic E-state index is 14.4. The molecule has 5 aromatic rings. The molecular formula is C36H32ClN3O4S. The highest BCUT2D eigenvalue weighted by atomic mass is 35.5. The summed E-state index contributed by atoms with van der Waals surface area (Å²) in [6.45, 7) is 8.07. The van der Waals surface area contributed by atoms with Gasteiger partial charge in [-0.15, -0.1) is 0 Å². The van der Waals surface area contributed by atoms with Crippen molar-refractivity contribution in [1.82, 2.24) is 9.13 Å². The summed E-state index contributed by atoms with van der Waals surface area (Å²) in [5, 5.41) is 0.443. The molecule has 3 heterocycles. The van der Waals surface area contributed by atoms with Crippen LogP contribution in [0.4, 0.5) is 0 Å². The van der Waals surface area contributed by atoms with Crippen LogP contribution >= 0.6 is 22.9 Å². The summed E-state index contributed by atoms with van der Waals surface area (Å²) in [5.41, 5.74) is 6.89. The van der Waals surface area contributed by atoms with E-state index in [1.165, 1.54) is 11.3 Å². The first-order chi connectivity index (χ1) is 21.7. The Kier molecular flexibility index (Phi) is 8.36. The molecule has 0 bridgehead atoms. The van der Waals surface area contributed by atoms with Gasteiger partial charge in [-0.2, -0.15) is 0 Å². The zero-order chi connectivity index (χ0) is 31.8. The fourth-order valence-corrected chi connectivity index (χ4v) is 7.07. The van der Waals surface area contributed by atoms with Crippen molar-refractivity contribution < 1.29 is 14.3 Å². The van der Waals surface area contributed by atoms with Crippen LogP contribution in [0, 0.1) is 20.8 Å². The molecule has 0 fully saturated rings. The van der Waals surface area contributed by atoms with Gasteiger partial charge >= 0.3 is 5.97 Å². The van der Waals surface area contributed by atoms with Crippen molar-refractivity contribution in [2.24, 2.45) is 4.99 Å². The fraction of sp³-hybridized carbons (Fsp3) is 0.194. The Bertz CT molecular complexity index is 2160. The number of carbonyl (C=O) groups excluding carboxylic acids is 1. The van der Waals surface area contributed by atoms with Gasteiger partial charge in [0.1, 0.15) is 11.8 Å². The number of aryl methyl sites for hydroxylation is 2. The zero-order valence-corrected chi connectivity index (χ0v) is 27.2. The third kappa shape index (κ3) is 5.56. The quantitative estimate of drug-likeness (QED) is 0.196. The number of ether oxygens (including phenoxy) is 2. The normalized spacial score (nSPS) is 14.7. The van der Waals surface area contributed by atoms with E-state index < -0.39 is 12.0 Å². The third-order valence-corrected chi connectivity index (χ3v) is 9.09. The molecule has 1 atom stereocenters. The van der Waals surface area contributed by atoms with Crippen molar-refractivity contribution in [1.29, 1.82) is 0 Å². The molecule has 45 heavy (non-hydrogen) atoms. The number of carbonyl (C=O) groups is 1. The zero-order valence-electron chi connectivity index (χ0n) is 25.6. The SMILES string of the molecule is CCOC(=O)C1=C(c2ccccc2)N=c2s/c(=C\c3cc(C)n(-c4cccc(C)c4)c3C)c(=O)n2[C@@H]1c1cc(Cl)ccc1OC. The average molecular weight is 638 g/mol. The molecule has 0 radical (unpaired) electrons. The van der Waals surface area contributed by atoms with Crippen molar-refractivity contribution in [3.8, 4) is 11.4 Å². The van der Waals surface area contributed by atoms with E-state index in [4.69, 9.17) is 26.1 Å². The van der Waals surface area contributed by atoms with E-state index in [2.05, 4.69) is 42.7 Å². The minimum Gasteiger partial charge on any atom is -0.496 e. The van der Waals surface area contributed by atoms with Crippen molar-refractivity contribution in [2.45, 2.75) is 33.7 Å². The highest BCUT2D eigenvalue weighted by Gasteiger charge is 2.37. The van der Waals surface area contributed by atoms with Crippen molar-refractivity contribution in [2.75, 3.05) is 13.7 Å². The molecular weight excluding hydrogens is 606 g/mol. The van der Waals surface area contributed by atoms with Crippen molar-refractivity contribution >= 4 is 40.7 Å². The van der Waals surface area contributed by atoms with E-state index >= 15 is 0 Å². The van der Waals surface area contributed by atoms with Gasteiger partial charge < -0.3 is 14.0 Å². The first-order valence-electron chi connectivity index (χ1n) is 14.6. The van der Waals surface area contributed by atoms with Gasteiger partial charge in [-0.1, -0.05) is 65.4 Å². The van der Waals surface area contributed by atoms with E-state index in [0.29, 0.717) is 31.4 Å². The predicted molar refractivity (Wildman–Crippen MR) is 179 cm³/mol. The minimum atomic E-state index is -0.897. The molecule has 228 valence electrons. The largest absolute Gasteiger partial charge is 0.496 e. The maximum atomic E-state index is 14.4. The highest BCUT2D eigenvalue weighted by Crippen LogP contribution is 2.39. The number of hydrogen-bond donors (Lipinski definition) is 0. The summed E-state index contributed by atoms with van der Waals surface area (Å²) < 4.78 is 15.5. The van der Waals surface area contributed by atoms with E-state index in [0.717, 1.165) is 33.8 Å². The Morgan fingerprint density at radius 2 is 1.80 bits per heavy atom. The van der Waals surface area contributed by atoms with Crippen LogP contribution in [0.15, 0.2) is 94.2 Å². The van der Waals surface area contributed by atoms with Crippen molar-refractivity contribution in [3.63, 3.8) is 0 Å². The fourth-order valence-electron chi connectivity index (χ4n) is 5.89. The molecule has 0 aliphatic carbocycles.